The molecule has 0 aromatic rings. The van der Waals surface area contributed by atoms with Crippen LogP contribution in [0.2, 0.25) is 0 Å². The highest BCUT2D eigenvalue weighted by Crippen LogP contribution is 2.16. The summed E-state index contributed by atoms with van der Waals surface area (Å²) in [6, 6.07) is 0. The normalized spacial score (nSPS) is 11.5. The number of hydrogen-bond donors (Lipinski definition) is 0. The van der Waals surface area contributed by atoms with Crippen molar-refractivity contribution in [1.29, 1.82) is 0 Å². The molecule has 0 atom stereocenters. The number of rotatable bonds is 17. The van der Waals surface area contributed by atoms with E-state index in [1.807, 2.05) is 20.8 Å². The minimum Gasteiger partial charge on any atom is -1.00 e. The molecule has 0 heterocycles. The first-order valence-electron chi connectivity index (χ1n) is 9.56. The van der Waals surface area contributed by atoms with E-state index in [0.717, 1.165) is 13.0 Å². The zero-order valence-corrected chi connectivity index (χ0v) is 17.5. The quantitative estimate of drug-likeness (QED) is 0.214. The van der Waals surface area contributed by atoms with Crippen molar-refractivity contribution < 1.29 is 36.5 Å². The molecule has 0 bridgehead atoms. The van der Waals surface area contributed by atoms with E-state index in [1.165, 1.54) is 57.8 Å². The summed E-state index contributed by atoms with van der Waals surface area (Å²) in [6.45, 7) is 10.8. The lowest BCUT2D eigenvalue weighted by molar-refractivity contribution is -1.37. The van der Waals surface area contributed by atoms with E-state index in [9.17, 15) is 0 Å². The van der Waals surface area contributed by atoms with Gasteiger partial charge in [-0.3, -0.25) is 0 Å². The van der Waals surface area contributed by atoms with E-state index >= 15 is 0 Å². The fraction of sp³-hybridized carbons (Fsp3) is 1.00. The lowest BCUT2D eigenvalue weighted by Gasteiger charge is -2.28. The summed E-state index contributed by atoms with van der Waals surface area (Å²) in [6.07, 6.45) is 13.3. The molecule has 0 aliphatic rings. The first-order chi connectivity index (χ1) is 10.7. The molecule has 0 unspecified atom stereocenters. The van der Waals surface area contributed by atoms with Crippen molar-refractivity contribution in [3.63, 3.8) is 0 Å². The van der Waals surface area contributed by atoms with Crippen molar-refractivity contribution in [2.75, 3.05) is 26.4 Å². The second-order valence-corrected chi connectivity index (χ2v) is 5.77. The van der Waals surface area contributed by atoms with Crippen molar-refractivity contribution in [3.8, 4) is 0 Å². The van der Waals surface area contributed by atoms with Gasteiger partial charge in [0.2, 0.25) is 0 Å². The van der Waals surface area contributed by atoms with Crippen molar-refractivity contribution in [2.24, 2.45) is 0 Å². The summed E-state index contributed by atoms with van der Waals surface area (Å²) < 4.78 is 0. The van der Waals surface area contributed by atoms with Crippen LogP contribution in [0.25, 0.3) is 0 Å². The summed E-state index contributed by atoms with van der Waals surface area (Å²) in [5.41, 5.74) is 0. The Morgan fingerprint density at radius 3 is 1.22 bits per heavy atom. The third-order valence-corrected chi connectivity index (χ3v) is 3.76. The number of unbranched alkanes of at least 4 members (excludes halogenated alkanes) is 9. The summed E-state index contributed by atoms with van der Waals surface area (Å²) in [5.74, 6) is 0. The van der Waals surface area contributed by atoms with Gasteiger partial charge in [0.25, 0.3) is 0 Å². The number of quaternary nitrogens is 1. The van der Waals surface area contributed by atoms with Crippen LogP contribution >= 0.6 is 0 Å². The van der Waals surface area contributed by atoms with E-state index < -0.39 is 0 Å². The van der Waals surface area contributed by atoms with Crippen LogP contribution < -0.4 is 17.0 Å². The Morgan fingerprint density at radius 2 is 0.870 bits per heavy atom. The molecular formula is C18H40BrNO3. The largest absolute Gasteiger partial charge is 1.00 e. The molecule has 5 heteroatoms. The maximum absolute atomic E-state index is 5.69. The number of nitrogens with zero attached hydrogens (tertiary/aromatic N) is 1. The van der Waals surface area contributed by atoms with Crippen molar-refractivity contribution in [3.05, 3.63) is 0 Å². The highest BCUT2D eigenvalue weighted by Gasteiger charge is 2.33. The molecule has 0 saturated heterocycles. The molecule has 23 heavy (non-hydrogen) atoms. The summed E-state index contributed by atoms with van der Waals surface area (Å²) in [5, 5.41) is 0. The van der Waals surface area contributed by atoms with Gasteiger partial charge >= 0.3 is 0 Å². The lowest BCUT2D eigenvalue weighted by Crippen LogP contribution is -3.00. The third kappa shape index (κ3) is 14.4. The fourth-order valence-corrected chi connectivity index (χ4v) is 2.69. The molecule has 0 aromatic heterocycles. The zero-order valence-electron chi connectivity index (χ0n) is 15.9. The number of hydrogen-bond acceptors (Lipinski definition) is 3. The Bertz CT molecular complexity index is 213. The predicted molar refractivity (Wildman–Crippen MR) is 91.8 cm³/mol. The predicted octanol–water partition coefficient (Wildman–Crippen LogP) is 2.58. The van der Waals surface area contributed by atoms with Crippen LogP contribution in [0.4, 0.5) is 0 Å². The molecule has 0 aromatic carbocycles. The van der Waals surface area contributed by atoms with Crippen LogP contribution in [0.1, 0.15) is 91.9 Å². The molecule has 0 rings (SSSR count). The average Bonchev–Trinajstić information content (AvgIpc) is 2.50. The molecular weight excluding hydrogens is 358 g/mol. The van der Waals surface area contributed by atoms with Gasteiger partial charge in [-0.05, 0) is 27.2 Å². The van der Waals surface area contributed by atoms with Gasteiger partial charge in [-0.1, -0.05) is 58.3 Å². The van der Waals surface area contributed by atoms with Gasteiger partial charge in [0.15, 0.2) is 6.54 Å². The van der Waals surface area contributed by atoms with Crippen molar-refractivity contribution in [2.45, 2.75) is 91.9 Å². The maximum atomic E-state index is 5.69. The van der Waals surface area contributed by atoms with E-state index in [1.54, 1.807) is 0 Å². The fourth-order valence-electron chi connectivity index (χ4n) is 2.69. The number of halogens is 1. The molecule has 0 spiro atoms. The van der Waals surface area contributed by atoms with Gasteiger partial charge in [0, 0.05) is 6.42 Å². The minimum absolute atomic E-state index is 0. The first-order valence-corrected chi connectivity index (χ1v) is 9.56. The minimum atomic E-state index is -0.0967. The Hall–Kier alpha value is 0.320. The van der Waals surface area contributed by atoms with Crippen LogP contribution in [0, 0.1) is 0 Å². The molecule has 0 amide bonds. The summed E-state index contributed by atoms with van der Waals surface area (Å²) >= 11 is 0. The van der Waals surface area contributed by atoms with Gasteiger partial charge in [-0.25, -0.2) is 0 Å². The molecule has 0 radical (unpaired) electrons. The van der Waals surface area contributed by atoms with Crippen molar-refractivity contribution in [1.82, 2.24) is 0 Å². The topological polar surface area (TPSA) is 27.7 Å². The average molecular weight is 398 g/mol. The highest BCUT2D eigenvalue weighted by molar-refractivity contribution is 4.46. The van der Waals surface area contributed by atoms with Crippen molar-refractivity contribution >= 4 is 0 Å². The third-order valence-electron chi connectivity index (χ3n) is 3.76. The van der Waals surface area contributed by atoms with Gasteiger partial charge in [0.05, 0.1) is 4.97 Å². The standard InChI is InChI=1S/C18H40NO3.BrH/c1-5-9-10-11-12-13-14-15-16-17-18-19(20-6-2,21-7-3)22-8-4;/h5-18H2,1-4H3;1H/q+1;/p-1. The lowest BCUT2D eigenvalue weighted by atomic mass is 10.1. The van der Waals surface area contributed by atoms with Gasteiger partial charge < -0.3 is 17.0 Å². The van der Waals surface area contributed by atoms with Crippen LogP contribution in [-0.2, 0) is 14.5 Å². The molecule has 0 aliphatic carbocycles. The van der Waals surface area contributed by atoms with Crippen LogP contribution in [0.15, 0.2) is 0 Å². The van der Waals surface area contributed by atoms with Gasteiger partial charge in [-0.15, -0.1) is 14.5 Å². The molecule has 0 fully saturated rings. The van der Waals surface area contributed by atoms with Crippen LogP contribution in [0.3, 0.4) is 0 Å². The molecule has 0 saturated carbocycles. The van der Waals surface area contributed by atoms with Crippen LogP contribution in [0.5, 0.6) is 0 Å². The molecule has 4 nitrogen and oxygen atoms in total. The van der Waals surface area contributed by atoms with Crippen LogP contribution in [-0.4, -0.2) is 31.3 Å². The van der Waals surface area contributed by atoms with E-state index in [0.29, 0.717) is 19.8 Å². The van der Waals surface area contributed by atoms with Gasteiger partial charge in [-0.2, -0.15) is 0 Å². The molecule has 142 valence electrons. The molecule has 0 N–H and O–H groups in total. The summed E-state index contributed by atoms with van der Waals surface area (Å²) in [4.78, 5) is 17.0. The van der Waals surface area contributed by atoms with E-state index in [-0.39, 0.29) is 22.0 Å². The monoisotopic (exact) mass is 397 g/mol. The highest BCUT2D eigenvalue weighted by atomic mass is 79.9. The zero-order chi connectivity index (χ0) is 16.5. The SMILES string of the molecule is CCCCCCCCCCCC[N+](OCC)(OCC)OCC.[Br-]. The maximum Gasteiger partial charge on any atom is 0.178 e. The smallest absolute Gasteiger partial charge is 0.178 e. The second-order valence-electron chi connectivity index (χ2n) is 5.77. The number of hydroxylamine groups is 3. The summed E-state index contributed by atoms with van der Waals surface area (Å²) in [7, 11) is 0. The molecule has 0 aliphatic heterocycles. The Balaban J connectivity index is 0. The van der Waals surface area contributed by atoms with Gasteiger partial charge in [0.1, 0.15) is 19.8 Å². The Morgan fingerprint density at radius 1 is 0.522 bits per heavy atom. The second kappa shape index (κ2) is 18.7. The van der Waals surface area contributed by atoms with E-state index in [4.69, 9.17) is 14.5 Å². The first kappa shape index (κ1) is 25.6. The van der Waals surface area contributed by atoms with E-state index in [2.05, 4.69) is 6.92 Å². The Labute approximate surface area is 155 Å². The Kier molecular flexibility index (Phi) is 20.7.